The second kappa shape index (κ2) is 6.53. The Bertz CT molecular complexity index is 635. The first-order valence-electron chi connectivity index (χ1n) is 7.30. The van der Waals surface area contributed by atoms with Crippen molar-refractivity contribution in [3.05, 3.63) is 47.0 Å². The number of hydrogen-bond donors (Lipinski definition) is 1. The van der Waals surface area contributed by atoms with E-state index in [4.69, 9.17) is 15.2 Å². The predicted molar refractivity (Wildman–Crippen MR) is 87.4 cm³/mol. The zero-order valence-corrected chi connectivity index (χ0v) is 13.2. The molecule has 0 aliphatic heterocycles. The van der Waals surface area contributed by atoms with E-state index < -0.39 is 0 Å². The van der Waals surface area contributed by atoms with Crippen LogP contribution in [0, 0.1) is 20.8 Å². The van der Waals surface area contributed by atoms with Crippen molar-refractivity contribution in [2.45, 2.75) is 34.1 Å². The largest absolute Gasteiger partial charge is 0.491 e. The molecule has 3 nitrogen and oxygen atoms in total. The summed E-state index contributed by atoms with van der Waals surface area (Å²) in [5, 5.41) is 0. The highest BCUT2D eigenvalue weighted by Gasteiger charge is 2.12. The van der Waals surface area contributed by atoms with Crippen molar-refractivity contribution < 1.29 is 9.47 Å². The summed E-state index contributed by atoms with van der Waals surface area (Å²) in [5.41, 5.74) is 10.1. The van der Waals surface area contributed by atoms with E-state index in [1.807, 2.05) is 25.1 Å². The van der Waals surface area contributed by atoms with Crippen LogP contribution in [0.5, 0.6) is 17.2 Å². The molecule has 0 saturated carbocycles. The molecule has 2 rings (SSSR count). The van der Waals surface area contributed by atoms with Crippen molar-refractivity contribution in [2.24, 2.45) is 0 Å². The van der Waals surface area contributed by atoms with Gasteiger partial charge in [0.25, 0.3) is 0 Å². The number of hydrogen-bond acceptors (Lipinski definition) is 3. The molecule has 3 heteroatoms. The summed E-state index contributed by atoms with van der Waals surface area (Å²) < 4.78 is 11.7. The van der Waals surface area contributed by atoms with E-state index in [2.05, 4.69) is 32.9 Å². The van der Waals surface area contributed by atoms with Gasteiger partial charge >= 0.3 is 0 Å². The Morgan fingerprint density at radius 3 is 2.33 bits per heavy atom. The maximum atomic E-state index is 6.16. The van der Waals surface area contributed by atoms with Crippen LogP contribution in [0.4, 0.5) is 5.69 Å². The van der Waals surface area contributed by atoms with Gasteiger partial charge in [-0.2, -0.15) is 0 Å². The summed E-state index contributed by atoms with van der Waals surface area (Å²) >= 11 is 0. The summed E-state index contributed by atoms with van der Waals surface area (Å²) in [6.45, 7) is 8.89. The molecule has 2 N–H and O–H groups in total. The zero-order valence-electron chi connectivity index (χ0n) is 13.2. The Morgan fingerprint density at radius 1 is 0.952 bits per heavy atom. The van der Waals surface area contributed by atoms with Crippen molar-refractivity contribution in [2.75, 3.05) is 12.3 Å². The second-order valence-corrected chi connectivity index (χ2v) is 5.27. The summed E-state index contributed by atoms with van der Waals surface area (Å²) in [6.07, 6.45) is 0.945. The van der Waals surface area contributed by atoms with E-state index in [1.54, 1.807) is 0 Å². The van der Waals surface area contributed by atoms with Gasteiger partial charge in [0.2, 0.25) is 0 Å². The molecule has 0 atom stereocenters. The lowest BCUT2D eigenvalue weighted by atomic mass is 10.1. The van der Waals surface area contributed by atoms with E-state index in [0.717, 1.165) is 23.3 Å². The number of anilines is 1. The van der Waals surface area contributed by atoms with E-state index >= 15 is 0 Å². The smallest absolute Gasteiger partial charge is 0.154 e. The van der Waals surface area contributed by atoms with Gasteiger partial charge in [-0.1, -0.05) is 25.1 Å². The van der Waals surface area contributed by atoms with Crippen LogP contribution in [-0.2, 0) is 0 Å². The standard InChI is InChI=1S/C18H23NO2/c1-5-11-20-15-7-6-8-16(17(15)19)21-18-13(3)10-9-12(2)14(18)4/h6-10H,5,11,19H2,1-4H3. The monoisotopic (exact) mass is 285 g/mol. The Balaban J connectivity index is 2.34. The average Bonchev–Trinajstić information content (AvgIpc) is 2.48. The molecule has 2 aromatic carbocycles. The lowest BCUT2D eigenvalue weighted by molar-refractivity contribution is 0.318. The summed E-state index contributed by atoms with van der Waals surface area (Å²) in [4.78, 5) is 0. The van der Waals surface area contributed by atoms with Crippen molar-refractivity contribution in [3.63, 3.8) is 0 Å². The van der Waals surface area contributed by atoms with Gasteiger partial charge in [0.15, 0.2) is 5.75 Å². The minimum absolute atomic E-state index is 0.547. The number of rotatable bonds is 5. The molecule has 0 heterocycles. The van der Waals surface area contributed by atoms with E-state index in [1.165, 1.54) is 5.56 Å². The number of aryl methyl sites for hydroxylation is 2. The van der Waals surface area contributed by atoms with Crippen LogP contribution in [0.2, 0.25) is 0 Å². The first-order valence-corrected chi connectivity index (χ1v) is 7.30. The Labute approximate surface area is 126 Å². The fraction of sp³-hybridized carbons (Fsp3) is 0.333. The van der Waals surface area contributed by atoms with Gasteiger partial charge in [0.05, 0.1) is 6.61 Å². The normalized spacial score (nSPS) is 10.5. The highest BCUT2D eigenvalue weighted by molar-refractivity contribution is 5.64. The molecule has 0 spiro atoms. The van der Waals surface area contributed by atoms with Crippen molar-refractivity contribution >= 4 is 5.69 Å². The fourth-order valence-corrected chi connectivity index (χ4v) is 2.14. The molecule has 0 radical (unpaired) electrons. The number of nitrogens with two attached hydrogens (primary N) is 1. The van der Waals surface area contributed by atoms with Gasteiger partial charge in [-0.05, 0) is 56.0 Å². The van der Waals surface area contributed by atoms with Gasteiger partial charge in [-0.25, -0.2) is 0 Å². The van der Waals surface area contributed by atoms with Gasteiger partial charge < -0.3 is 15.2 Å². The molecule has 112 valence electrons. The molecule has 0 fully saturated rings. The molecule has 0 aliphatic carbocycles. The summed E-state index contributed by atoms with van der Waals surface area (Å²) in [6, 6.07) is 9.80. The molecule has 0 amide bonds. The molecular weight excluding hydrogens is 262 g/mol. The fourth-order valence-electron chi connectivity index (χ4n) is 2.14. The van der Waals surface area contributed by atoms with E-state index in [9.17, 15) is 0 Å². The summed E-state index contributed by atoms with van der Waals surface area (Å²) in [5.74, 6) is 2.19. The average molecular weight is 285 g/mol. The van der Waals surface area contributed by atoms with Crippen molar-refractivity contribution in [1.29, 1.82) is 0 Å². The number of ether oxygens (including phenoxy) is 2. The molecule has 0 saturated heterocycles. The molecular formula is C18H23NO2. The molecule has 0 unspecified atom stereocenters. The number of nitrogen functional groups attached to an aromatic ring is 1. The third kappa shape index (κ3) is 3.30. The predicted octanol–water partition coefficient (Wildman–Crippen LogP) is 4.78. The minimum Gasteiger partial charge on any atom is -0.491 e. The summed E-state index contributed by atoms with van der Waals surface area (Å²) in [7, 11) is 0. The van der Waals surface area contributed by atoms with E-state index in [-0.39, 0.29) is 0 Å². The van der Waals surface area contributed by atoms with Crippen LogP contribution >= 0.6 is 0 Å². The van der Waals surface area contributed by atoms with Crippen LogP contribution in [0.25, 0.3) is 0 Å². The lowest BCUT2D eigenvalue weighted by Crippen LogP contribution is -2.01. The molecule has 2 aromatic rings. The number of benzene rings is 2. The number of para-hydroxylation sites is 1. The SMILES string of the molecule is CCCOc1cccc(Oc2c(C)ccc(C)c2C)c1N. The zero-order chi connectivity index (χ0) is 15.4. The third-order valence-corrected chi connectivity index (χ3v) is 3.57. The van der Waals surface area contributed by atoms with Gasteiger partial charge in [-0.15, -0.1) is 0 Å². The van der Waals surface area contributed by atoms with Crippen LogP contribution in [0.3, 0.4) is 0 Å². The van der Waals surface area contributed by atoms with E-state index in [0.29, 0.717) is 23.8 Å². The first kappa shape index (κ1) is 15.2. The van der Waals surface area contributed by atoms with Crippen LogP contribution < -0.4 is 15.2 Å². The topological polar surface area (TPSA) is 44.5 Å². The molecule has 21 heavy (non-hydrogen) atoms. The lowest BCUT2D eigenvalue weighted by Gasteiger charge is -2.16. The molecule has 0 aromatic heterocycles. The molecule has 0 aliphatic rings. The maximum Gasteiger partial charge on any atom is 0.154 e. The van der Waals surface area contributed by atoms with Crippen LogP contribution in [-0.4, -0.2) is 6.61 Å². The Morgan fingerprint density at radius 2 is 1.62 bits per heavy atom. The van der Waals surface area contributed by atoms with Crippen LogP contribution in [0.15, 0.2) is 30.3 Å². The Kier molecular flexibility index (Phi) is 4.73. The minimum atomic E-state index is 0.547. The first-order chi connectivity index (χ1) is 10.0. The quantitative estimate of drug-likeness (QED) is 0.804. The maximum absolute atomic E-state index is 6.16. The van der Waals surface area contributed by atoms with Crippen molar-refractivity contribution in [3.8, 4) is 17.2 Å². The molecule has 0 bridgehead atoms. The second-order valence-electron chi connectivity index (χ2n) is 5.27. The van der Waals surface area contributed by atoms with Gasteiger partial charge in [-0.3, -0.25) is 0 Å². The van der Waals surface area contributed by atoms with Crippen LogP contribution in [0.1, 0.15) is 30.0 Å². The Hall–Kier alpha value is -2.16. The van der Waals surface area contributed by atoms with Gasteiger partial charge in [0, 0.05) is 0 Å². The highest BCUT2D eigenvalue weighted by atomic mass is 16.5. The third-order valence-electron chi connectivity index (χ3n) is 3.57. The highest BCUT2D eigenvalue weighted by Crippen LogP contribution is 2.37. The van der Waals surface area contributed by atoms with Crippen molar-refractivity contribution in [1.82, 2.24) is 0 Å². The van der Waals surface area contributed by atoms with Gasteiger partial charge in [0.1, 0.15) is 17.2 Å².